The zero-order valence-corrected chi connectivity index (χ0v) is 11.9. The number of thiophene rings is 1. The average Bonchev–Trinajstić information content (AvgIpc) is 2.66. The minimum atomic E-state index is 0.803. The summed E-state index contributed by atoms with van der Waals surface area (Å²) in [7, 11) is 0. The second-order valence-electron chi connectivity index (χ2n) is 3.52. The third-order valence-electron chi connectivity index (χ3n) is 2.27. The van der Waals surface area contributed by atoms with Crippen molar-refractivity contribution < 1.29 is 0 Å². The van der Waals surface area contributed by atoms with Gasteiger partial charge in [-0.2, -0.15) is 0 Å². The lowest BCUT2D eigenvalue weighted by atomic mass is 10.2. The van der Waals surface area contributed by atoms with E-state index < -0.39 is 0 Å². The molecule has 0 aliphatic heterocycles. The molecule has 0 aliphatic rings. The number of nitrogens with one attached hydrogen (secondary N) is 1. The average molecular weight is 317 g/mol. The molecule has 0 unspecified atom stereocenters. The molecule has 0 amide bonds. The van der Waals surface area contributed by atoms with Gasteiger partial charge in [-0.15, -0.1) is 11.3 Å². The Morgan fingerprint density at radius 3 is 2.75 bits per heavy atom. The highest BCUT2D eigenvalue weighted by Crippen LogP contribution is 2.24. The predicted octanol–water partition coefficient (Wildman–Crippen LogP) is 5.08. The zero-order valence-electron chi connectivity index (χ0n) is 8.76. The van der Waals surface area contributed by atoms with Crippen LogP contribution in [0.5, 0.6) is 0 Å². The van der Waals surface area contributed by atoms with Gasteiger partial charge in [0.15, 0.2) is 0 Å². The molecule has 1 N–H and O–H groups in total. The van der Waals surface area contributed by atoms with Gasteiger partial charge in [0, 0.05) is 22.1 Å². The fourth-order valence-electron chi connectivity index (χ4n) is 1.34. The molecule has 0 radical (unpaired) electrons. The third-order valence-corrected chi connectivity index (χ3v) is 4.30. The van der Waals surface area contributed by atoms with Crippen molar-refractivity contribution in [2.75, 3.05) is 5.32 Å². The smallest absolute Gasteiger partial charge is 0.0702 e. The van der Waals surface area contributed by atoms with Gasteiger partial charge in [0.2, 0.25) is 0 Å². The maximum Gasteiger partial charge on any atom is 0.0702 e. The molecular weight excluding hydrogens is 306 g/mol. The number of aryl methyl sites for hydroxylation is 1. The summed E-state index contributed by atoms with van der Waals surface area (Å²) in [6.45, 7) is 2.83. The summed E-state index contributed by atoms with van der Waals surface area (Å²) < 4.78 is 1.16. The number of hydrogen-bond acceptors (Lipinski definition) is 2. The summed E-state index contributed by atoms with van der Waals surface area (Å²) >= 11 is 11.2. The van der Waals surface area contributed by atoms with Gasteiger partial charge >= 0.3 is 0 Å². The van der Waals surface area contributed by atoms with E-state index in [2.05, 4.69) is 33.4 Å². The van der Waals surface area contributed by atoms with Crippen LogP contribution in [0.25, 0.3) is 0 Å². The van der Waals surface area contributed by atoms with E-state index in [9.17, 15) is 0 Å². The van der Waals surface area contributed by atoms with Crippen LogP contribution >= 0.6 is 38.9 Å². The molecule has 1 heterocycles. The van der Waals surface area contributed by atoms with E-state index in [1.165, 1.54) is 4.88 Å². The minimum absolute atomic E-state index is 0.803. The maximum atomic E-state index is 6.05. The SMILES string of the molecule is Cc1ccc(NCc2ccc(Br)s2)cc1Cl. The molecule has 1 aromatic heterocycles. The Morgan fingerprint density at radius 1 is 1.31 bits per heavy atom. The van der Waals surface area contributed by atoms with Crippen molar-refractivity contribution in [3.8, 4) is 0 Å². The summed E-state index contributed by atoms with van der Waals surface area (Å²) in [5.41, 5.74) is 2.16. The molecule has 0 spiro atoms. The lowest BCUT2D eigenvalue weighted by molar-refractivity contribution is 1.19. The Morgan fingerprint density at radius 2 is 2.12 bits per heavy atom. The lowest BCUT2D eigenvalue weighted by Gasteiger charge is -2.06. The summed E-state index contributed by atoms with van der Waals surface area (Å²) in [5.74, 6) is 0. The fraction of sp³-hybridized carbons (Fsp3) is 0.167. The van der Waals surface area contributed by atoms with Crippen LogP contribution in [0.2, 0.25) is 5.02 Å². The molecule has 1 nitrogen and oxygen atoms in total. The maximum absolute atomic E-state index is 6.05. The monoisotopic (exact) mass is 315 g/mol. The van der Waals surface area contributed by atoms with Crippen molar-refractivity contribution >= 4 is 44.6 Å². The van der Waals surface area contributed by atoms with Gasteiger partial charge in [0.25, 0.3) is 0 Å². The van der Waals surface area contributed by atoms with Gasteiger partial charge in [-0.1, -0.05) is 17.7 Å². The number of benzene rings is 1. The first kappa shape index (κ1) is 12.0. The molecule has 0 bridgehead atoms. The van der Waals surface area contributed by atoms with Gasteiger partial charge in [0.05, 0.1) is 3.79 Å². The van der Waals surface area contributed by atoms with E-state index in [1.54, 1.807) is 11.3 Å². The molecule has 2 aromatic rings. The minimum Gasteiger partial charge on any atom is -0.380 e. The fourth-order valence-corrected chi connectivity index (χ4v) is 2.94. The largest absolute Gasteiger partial charge is 0.380 e. The van der Waals surface area contributed by atoms with Crippen LogP contribution in [0.4, 0.5) is 5.69 Å². The standard InChI is InChI=1S/C12H11BrClNS/c1-8-2-3-9(6-11(8)14)15-7-10-4-5-12(13)16-10/h2-6,15H,7H2,1H3. The van der Waals surface area contributed by atoms with Crippen molar-refractivity contribution in [2.24, 2.45) is 0 Å². The Kier molecular flexibility index (Phi) is 3.90. The van der Waals surface area contributed by atoms with Gasteiger partial charge in [-0.3, -0.25) is 0 Å². The first-order chi connectivity index (χ1) is 7.65. The predicted molar refractivity (Wildman–Crippen MR) is 75.5 cm³/mol. The molecule has 16 heavy (non-hydrogen) atoms. The zero-order chi connectivity index (χ0) is 11.5. The van der Waals surface area contributed by atoms with Gasteiger partial charge in [-0.05, 0) is 52.7 Å². The molecule has 2 rings (SSSR count). The summed E-state index contributed by atoms with van der Waals surface area (Å²) in [5, 5.41) is 4.15. The Labute approximate surface area is 113 Å². The molecule has 4 heteroatoms. The third kappa shape index (κ3) is 3.00. The van der Waals surface area contributed by atoms with E-state index in [1.807, 2.05) is 25.1 Å². The van der Waals surface area contributed by atoms with E-state index in [4.69, 9.17) is 11.6 Å². The highest BCUT2D eigenvalue weighted by molar-refractivity contribution is 9.11. The van der Waals surface area contributed by atoms with Crippen LogP contribution < -0.4 is 5.32 Å². The second-order valence-corrected chi connectivity index (χ2v) is 6.48. The molecule has 0 saturated heterocycles. The van der Waals surface area contributed by atoms with Crippen LogP contribution in [-0.2, 0) is 6.54 Å². The van der Waals surface area contributed by atoms with E-state index in [0.717, 1.165) is 26.6 Å². The Bertz CT molecular complexity index is 496. The van der Waals surface area contributed by atoms with Crippen LogP contribution in [0.15, 0.2) is 34.1 Å². The molecule has 0 saturated carbocycles. The van der Waals surface area contributed by atoms with Crippen molar-refractivity contribution in [3.63, 3.8) is 0 Å². The molecule has 0 aliphatic carbocycles. The molecule has 0 atom stereocenters. The van der Waals surface area contributed by atoms with Crippen LogP contribution in [0.3, 0.4) is 0 Å². The van der Waals surface area contributed by atoms with E-state index in [-0.39, 0.29) is 0 Å². The highest BCUT2D eigenvalue weighted by Gasteiger charge is 2.00. The summed E-state index contributed by atoms with van der Waals surface area (Å²) in [4.78, 5) is 1.29. The van der Waals surface area contributed by atoms with Gasteiger partial charge < -0.3 is 5.32 Å². The molecule has 0 fully saturated rings. The van der Waals surface area contributed by atoms with Crippen LogP contribution in [0.1, 0.15) is 10.4 Å². The molecule has 1 aromatic carbocycles. The summed E-state index contributed by atoms with van der Waals surface area (Å²) in [6.07, 6.45) is 0. The molecular formula is C12H11BrClNS. The number of anilines is 1. The lowest BCUT2D eigenvalue weighted by Crippen LogP contribution is -1.97. The highest BCUT2D eigenvalue weighted by atomic mass is 79.9. The number of rotatable bonds is 3. The Balaban J connectivity index is 2.02. The molecule has 84 valence electrons. The number of halogens is 2. The van der Waals surface area contributed by atoms with Crippen molar-refractivity contribution in [3.05, 3.63) is 49.6 Å². The van der Waals surface area contributed by atoms with Crippen LogP contribution in [-0.4, -0.2) is 0 Å². The van der Waals surface area contributed by atoms with Crippen molar-refractivity contribution in [1.29, 1.82) is 0 Å². The number of hydrogen-bond donors (Lipinski definition) is 1. The quantitative estimate of drug-likeness (QED) is 0.832. The van der Waals surface area contributed by atoms with E-state index in [0.29, 0.717) is 0 Å². The first-order valence-electron chi connectivity index (χ1n) is 4.89. The van der Waals surface area contributed by atoms with Crippen LogP contribution in [0, 0.1) is 6.92 Å². The first-order valence-corrected chi connectivity index (χ1v) is 6.88. The normalized spacial score (nSPS) is 10.4. The van der Waals surface area contributed by atoms with Gasteiger partial charge in [-0.25, -0.2) is 0 Å². The van der Waals surface area contributed by atoms with Gasteiger partial charge in [0.1, 0.15) is 0 Å². The summed E-state index contributed by atoms with van der Waals surface area (Å²) in [6, 6.07) is 10.2. The van der Waals surface area contributed by atoms with E-state index >= 15 is 0 Å². The topological polar surface area (TPSA) is 12.0 Å². The second kappa shape index (κ2) is 5.21. The van der Waals surface area contributed by atoms with Crippen molar-refractivity contribution in [2.45, 2.75) is 13.5 Å². The van der Waals surface area contributed by atoms with Crippen molar-refractivity contribution in [1.82, 2.24) is 0 Å². The Hall–Kier alpha value is -0.510.